The van der Waals surface area contributed by atoms with Crippen LogP contribution < -0.4 is 11.1 Å². The third-order valence-corrected chi connectivity index (χ3v) is 4.84. The third-order valence-electron chi connectivity index (χ3n) is 4.31. The fourth-order valence-corrected chi connectivity index (χ4v) is 2.83. The second kappa shape index (κ2) is 6.90. The largest absolute Gasteiger partial charge is 0.381 e. The summed E-state index contributed by atoms with van der Waals surface area (Å²) in [6, 6.07) is 7.98. The maximum Gasteiger partial charge on any atom is 0.225 e. The van der Waals surface area contributed by atoms with E-state index < -0.39 is 0 Å². The van der Waals surface area contributed by atoms with Crippen LogP contribution in [0.4, 0.5) is 0 Å². The van der Waals surface area contributed by atoms with Gasteiger partial charge in [0.15, 0.2) is 0 Å². The summed E-state index contributed by atoms with van der Waals surface area (Å²) in [5.41, 5.74) is 6.63. The molecule has 21 heavy (non-hydrogen) atoms. The van der Waals surface area contributed by atoms with E-state index in [-0.39, 0.29) is 23.4 Å². The fourth-order valence-electron chi connectivity index (χ4n) is 2.56. The molecule has 1 heterocycles. The molecule has 3 N–H and O–H groups in total. The van der Waals surface area contributed by atoms with Crippen LogP contribution in [0.5, 0.6) is 0 Å². The minimum Gasteiger partial charge on any atom is -0.381 e. The van der Waals surface area contributed by atoms with Gasteiger partial charge in [-0.25, -0.2) is 0 Å². The molecule has 1 aliphatic rings. The van der Waals surface area contributed by atoms with Gasteiger partial charge in [-0.2, -0.15) is 0 Å². The van der Waals surface area contributed by atoms with E-state index >= 15 is 0 Å². The Bertz CT molecular complexity index is 482. The first-order valence-electron chi connectivity index (χ1n) is 7.36. The predicted molar refractivity (Wildman–Crippen MR) is 86.8 cm³/mol. The molecule has 1 saturated heterocycles. The maximum absolute atomic E-state index is 12.5. The summed E-state index contributed by atoms with van der Waals surface area (Å²) in [5.74, 6) is -0.199. The smallest absolute Gasteiger partial charge is 0.225 e. The van der Waals surface area contributed by atoms with Gasteiger partial charge in [0.2, 0.25) is 5.91 Å². The highest BCUT2D eigenvalue weighted by Gasteiger charge is 2.37. The van der Waals surface area contributed by atoms with Crippen molar-refractivity contribution in [3.8, 4) is 0 Å². The van der Waals surface area contributed by atoms with E-state index in [0.29, 0.717) is 13.2 Å². The van der Waals surface area contributed by atoms with E-state index in [1.54, 1.807) is 0 Å². The first kappa shape index (κ1) is 16.5. The van der Waals surface area contributed by atoms with E-state index in [0.717, 1.165) is 22.9 Å². The van der Waals surface area contributed by atoms with Crippen molar-refractivity contribution in [1.82, 2.24) is 5.32 Å². The number of halogens is 1. The Labute approximate surface area is 134 Å². The second-order valence-electron chi connectivity index (χ2n) is 5.84. The molecule has 1 fully saturated rings. The van der Waals surface area contributed by atoms with Crippen molar-refractivity contribution in [3.63, 3.8) is 0 Å². The second-order valence-corrected chi connectivity index (χ2v) is 6.75. The zero-order valence-corrected chi connectivity index (χ0v) is 14.2. The molecule has 0 bridgehead atoms. The van der Waals surface area contributed by atoms with Gasteiger partial charge in [0.25, 0.3) is 0 Å². The SMILES string of the molecule is CC(N)C(C)C(=O)NC1(c2ccc(Br)cc2)CCOCC1. The van der Waals surface area contributed by atoms with Gasteiger partial charge in [-0.1, -0.05) is 35.0 Å². The molecule has 0 aliphatic carbocycles. The Balaban J connectivity index is 2.25. The molecule has 1 aromatic carbocycles. The topological polar surface area (TPSA) is 64.4 Å². The number of rotatable bonds is 4. The van der Waals surface area contributed by atoms with E-state index in [1.165, 1.54) is 0 Å². The average Bonchev–Trinajstić information content (AvgIpc) is 2.47. The minimum atomic E-state index is -0.348. The Hall–Kier alpha value is -0.910. The van der Waals surface area contributed by atoms with E-state index in [4.69, 9.17) is 10.5 Å². The molecule has 2 unspecified atom stereocenters. The predicted octanol–water partition coefficient (Wildman–Crippen LogP) is 2.55. The van der Waals surface area contributed by atoms with Gasteiger partial charge in [0, 0.05) is 29.6 Å². The van der Waals surface area contributed by atoms with Crippen LogP contribution in [-0.2, 0) is 15.1 Å². The molecule has 2 atom stereocenters. The van der Waals surface area contributed by atoms with Crippen molar-refractivity contribution in [1.29, 1.82) is 0 Å². The van der Waals surface area contributed by atoms with Gasteiger partial charge in [0.05, 0.1) is 5.54 Å². The van der Waals surface area contributed by atoms with Crippen LogP contribution in [0.2, 0.25) is 0 Å². The van der Waals surface area contributed by atoms with Crippen molar-refractivity contribution >= 4 is 21.8 Å². The number of carbonyl (C=O) groups is 1. The maximum atomic E-state index is 12.5. The third kappa shape index (κ3) is 3.84. The first-order chi connectivity index (χ1) is 9.94. The van der Waals surface area contributed by atoms with Crippen LogP contribution in [0.25, 0.3) is 0 Å². The van der Waals surface area contributed by atoms with Gasteiger partial charge >= 0.3 is 0 Å². The Kier molecular flexibility index (Phi) is 5.41. The molecular weight excluding hydrogens is 332 g/mol. The lowest BCUT2D eigenvalue weighted by Crippen LogP contribution is -2.52. The molecular formula is C16H23BrN2O2. The summed E-state index contributed by atoms with van der Waals surface area (Å²) in [7, 11) is 0. The van der Waals surface area contributed by atoms with Gasteiger partial charge in [-0.05, 0) is 37.5 Å². The summed E-state index contributed by atoms with van der Waals surface area (Å²) in [4.78, 5) is 12.5. The van der Waals surface area contributed by atoms with Crippen molar-refractivity contribution < 1.29 is 9.53 Å². The first-order valence-corrected chi connectivity index (χ1v) is 8.15. The molecule has 1 aliphatic heterocycles. The molecule has 5 heteroatoms. The van der Waals surface area contributed by atoms with Gasteiger partial charge < -0.3 is 15.8 Å². The number of carbonyl (C=O) groups excluding carboxylic acids is 1. The summed E-state index contributed by atoms with van der Waals surface area (Å²) in [6.45, 7) is 5.04. The molecule has 0 radical (unpaired) electrons. The van der Waals surface area contributed by atoms with Gasteiger partial charge in [-0.3, -0.25) is 4.79 Å². The normalized spacial score (nSPS) is 20.6. The number of hydrogen-bond acceptors (Lipinski definition) is 3. The summed E-state index contributed by atoms with van der Waals surface area (Å²) < 4.78 is 6.51. The number of nitrogens with one attached hydrogen (secondary N) is 1. The monoisotopic (exact) mass is 354 g/mol. The highest BCUT2D eigenvalue weighted by Crippen LogP contribution is 2.33. The molecule has 4 nitrogen and oxygen atoms in total. The van der Waals surface area contributed by atoms with Crippen molar-refractivity contribution in [3.05, 3.63) is 34.3 Å². The van der Waals surface area contributed by atoms with Crippen molar-refractivity contribution in [2.24, 2.45) is 11.7 Å². The lowest BCUT2D eigenvalue weighted by Gasteiger charge is -2.39. The molecule has 1 aromatic rings. The van der Waals surface area contributed by atoms with E-state index in [9.17, 15) is 4.79 Å². The molecule has 0 spiro atoms. The zero-order valence-electron chi connectivity index (χ0n) is 12.6. The van der Waals surface area contributed by atoms with Crippen molar-refractivity contribution in [2.45, 2.75) is 38.3 Å². The number of hydrogen-bond donors (Lipinski definition) is 2. The molecule has 2 rings (SSSR count). The van der Waals surface area contributed by atoms with Crippen LogP contribution in [0.1, 0.15) is 32.3 Å². The molecule has 0 aromatic heterocycles. The van der Waals surface area contributed by atoms with Crippen LogP contribution in [0, 0.1) is 5.92 Å². The van der Waals surface area contributed by atoms with E-state index in [2.05, 4.69) is 33.4 Å². The van der Waals surface area contributed by atoms with Crippen LogP contribution in [0.3, 0.4) is 0 Å². The lowest BCUT2D eigenvalue weighted by atomic mass is 9.82. The Morgan fingerprint density at radius 3 is 2.38 bits per heavy atom. The zero-order chi connectivity index (χ0) is 15.5. The van der Waals surface area contributed by atoms with Gasteiger partial charge in [-0.15, -0.1) is 0 Å². The summed E-state index contributed by atoms with van der Waals surface area (Å²) in [6.07, 6.45) is 1.57. The molecule has 116 valence electrons. The van der Waals surface area contributed by atoms with Crippen LogP contribution in [0.15, 0.2) is 28.7 Å². The highest BCUT2D eigenvalue weighted by molar-refractivity contribution is 9.10. The quantitative estimate of drug-likeness (QED) is 0.873. The van der Waals surface area contributed by atoms with Crippen LogP contribution in [-0.4, -0.2) is 25.2 Å². The Morgan fingerprint density at radius 1 is 1.29 bits per heavy atom. The summed E-state index contributed by atoms with van der Waals surface area (Å²) in [5, 5.41) is 3.23. The fraction of sp³-hybridized carbons (Fsp3) is 0.562. The Morgan fingerprint density at radius 2 is 1.86 bits per heavy atom. The van der Waals surface area contributed by atoms with Crippen LogP contribution >= 0.6 is 15.9 Å². The highest BCUT2D eigenvalue weighted by atomic mass is 79.9. The number of benzene rings is 1. The number of nitrogens with two attached hydrogens (primary N) is 1. The van der Waals surface area contributed by atoms with Gasteiger partial charge in [0.1, 0.15) is 0 Å². The average molecular weight is 355 g/mol. The number of amides is 1. The molecule has 0 saturated carbocycles. The van der Waals surface area contributed by atoms with Crippen molar-refractivity contribution in [2.75, 3.05) is 13.2 Å². The summed E-state index contributed by atoms with van der Waals surface area (Å²) >= 11 is 3.45. The number of ether oxygens (including phenoxy) is 1. The standard InChI is InChI=1S/C16H23BrN2O2/c1-11(12(2)18)15(20)19-16(7-9-21-10-8-16)13-3-5-14(17)6-4-13/h3-6,11-12H,7-10,18H2,1-2H3,(H,19,20). The lowest BCUT2D eigenvalue weighted by molar-refractivity contribution is -0.128. The minimum absolute atomic E-state index is 0.00909. The van der Waals surface area contributed by atoms with E-state index in [1.807, 2.05) is 26.0 Å². The molecule has 1 amide bonds.